The molecule has 1 aliphatic carbocycles. The van der Waals surface area contributed by atoms with Gasteiger partial charge in [0.15, 0.2) is 0 Å². The predicted molar refractivity (Wildman–Crippen MR) is 53.9 cm³/mol. The fourth-order valence-corrected chi connectivity index (χ4v) is 2.12. The first-order chi connectivity index (χ1) is 6.50. The number of aliphatic carboxylic acids is 1. The summed E-state index contributed by atoms with van der Waals surface area (Å²) in [6, 6.07) is 0. The highest BCUT2D eigenvalue weighted by atomic mass is 16.4. The Morgan fingerprint density at radius 3 is 2.43 bits per heavy atom. The van der Waals surface area contributed by atoms with E-state index < -0.39 is 17.5 Å². The molecule has 0 saturated heterocycles. The summed E-state index contributed by atoms with van der Waals surface area (Å²) in [5.41, 5.74) is -0.761. The molecule has 3 unspecified atom stereocenters. The lowest BCUT2D eigenvalue weighted by molar-refractivity contribution is -0.156. The van der Waals surface area contributed by atoms with Crippen LogP contribution in [-0.4, -0.2) is 22.3 Å². The van der Waals surface area contributed by atoms with Crippen LogP contribution < -0.4 is 0 Å². The zero-order valence-corrected chi connectivity index (χ0v) is 8.73. The average Bonchev–Trinajstić information content (AvgIpc) is 2.17. The second kappa shape index (κ2) is 4.13. The van der Waals surface area contributed by atoms with Crippen molar-refractivity contribution < 1.29 is 15.0 Å². The highest BCUT2D eigenvalue weighted by Crippen LogP contribution is 2.41. The average molecular weight is 198 g/mol. The van der Waals surface area contributed by atoms with Crippen molar-refractivity contribution in [3.63, 3.8) is 0 Å². The number of allylic oxidation sites excluding steroid dienone is 2. The van der Waals surface area contributed by atoms with Gasteiger partial charge in [-0.2, -0.15) is 0 Å². The number of hydrogen-bond donors (Lipinski definition) is 2. The van der Waals surface area contributed by atoms with Gasteiger partial charge < -0.3 is 10.2 Å². The van der Waals surface area contributed by atoms with Crippen LogP contribution in [0.4, 0.5) is 0 Å². The van der Waals surface area contributed by atoms with Crippen LogP contribution in [-0.2, 0) is 4.79 Å². The van der Waals surface area contributed by atoms with Gasteiger partial charge in [0, 0.05) is 0 Å². The molecular weight excluding hydrogens is 180 g/mol. The van der Waals surface area contributed by atoms with E-state index in [2.05, 4.69) is 0 Å². The summed E-state index contributed by atoms with van der Waals surface area (Å²) in [7, 11) is 0. The molecule has 2 N–H and O–H groups in total. The number of carboxylic acids is 1. The quantitative estimate of drug-likeness (QED) is 0.680. The summed E-state index contributed by atoms with van der Waals surface area (Å²) in [5, 5.41) is 18.8. The lowest BCUT2D eigenvalue weighted by atomic mass is 9.67. The maximum Gasteiger partial charge on any atom is 0.310 e. The summed E-state index contributed by atoms with van der Waals surface area (Å²) < 4.78 is 0. The standard InChI is InChI=1S/C11H18O3/c1-8(9(2)12)11(10(13)14)6-4-3-5-7-11/h3-4,8-9,12H,5-7H2,1-2H3,(H,13,14). The lowest BCUT2D eigenvalue weighted by Crippen LogP contribution is -2.42. The van der Waals surface area contributed by atoms with Gasteiger partial charge in [-0.25, -0.2) is 0 Å². The molecule has 3 nitrogen and oxygen atoms in total. The van der Waals surface area contributed by atoms with Gasteiger partial charge in [-0.1, -0.05) is 19.1 Å². The van der Waals surface area contributed by atoms with E-state index in [4.69, 9.17) is 0 Å². The third-order valence-corrected chi connectivity index (χ3v) is 3.43. The molecular formula is C11H18O3. The third-order valence-electron chi connectivity index (χ3n) is 3.43. The molecule has 0 aromatic rings. The van der Waals surface area contributed by atoms with Gasteiger partial charge in [0.2, 0.25) is 0 Å². The molecule has 1 rings (SSSR count). The van der Waals surface area contributed by atoms with Crippen LogP contribution in [0.15, 0.2) is 12.2 Å². The van der Waals surface area contributed by atoms with E-state index in [1.807, 2.05) is 19.1 Å². The number of carboxylic acid groups (broad SMARTS) is 1. The van der Waals surface area contributed by atoms with E-state index in [1.165, 1.54) is 0 Å². The van der Waals surface area contributed by atoms with Crippen LogP contribution in [0.2, 0.25) is 0 Å². The Hall–Kier alpha value is -0.830. The van der Waals surface area contributed by atoms with E-state index >= 15 is 0 Å². The summed E-state index contributed by atoms with van der Waals surface area (Å²) >= 11 is 0. The van der Waals surface area contributed by atoms with Crippen molar-refractivity contribution in [1.29, 1.82) is 0 Å². The SMILES string of the molecule is CC(O)C(C)C1(C(=O)O)CC=CCC1. The zero-order chi connectivity index (χ0) is 10.8. The molecule has 0 saturated carbocycles. The molecule has 0 aromatic heterocycles. The highest BCUT2D eigenvalue weighted by molar-refractivity contribution is 5.75. The van der Waals surface area contributed by atoms with Crippen molar-refractivity contribution >= 4 is 5.97 Å². The normalized spacial score (nSPS) is 31.1. The fourth-order valence-electron chi connectivity index (χ4n) is 2.12. The molecule has 3 heteroatoms. The maximum atomic E-state index is 11.3. The molecule has 0 spiro atoms. The zero-order valence-electron chi connectivity index (χ0n) is 8.73. The highest BCUT2D eigenvalue weighted by Gasteiger charge is 2.44. The van der Waals surface area contributed by atoms with Gasteiger partial charge in [-0.05, 0) is 32.1 Å². The van der Waals surface area contributed by atoms with Crippen molar-refractivity contribution in [2.24, 2.45) is 11.3 Å². The van der Waals surface area contributed by atoms with E-state index in [0.717, 1.165) is 6.42 Å². The first-order valence-corrected chi connectivity index (χ1v) is 5.07. The van der Waals surface area contributed by atoms with Crippen LogP contribution in [0.25, 0.3) is 0 Å². The Bertz CT molecular complexity index is 245. The maximum absolute atomic E-state index is 11.3. The van der Waals surface area contributed by atoms with Crippen LogP contribution >= 0.6 is 0 Å². The molecule has 0 amide bonds. The Balaban J connectivity index is 2.92. The van der Waals surface area contributed by atoms with Gasteiger partial charge in [0.1, 0.15) is 0 Å². The van der Waals surface area contributed by atoms with Crippen LogP contribution in [0.3, 0.4) is 0 Å². The van der Waals surface area contributed by atoms with E-state index in [1.54, 1.807) is 6.92 Å². The number of rotatable bonds is 3. The molecule has 80 valence electrons. The van der Waals surface area contributed by atoms with Gasteiger partial charge in [-0.15, -0.1) is 0 Å². The Labute approximate surface area is 84.4 Å². The molecule has 0 fully saturated rings. The van der Waals surface area contributed by atoms with Crippen molar-refractivity contribution in [2.75, 3.05) is 0 Å². The largest absolute Gasteiger partial charge is 0.481 e. The fraction of sp³-hybridized carbons (Fsp3) is 0.727. The molecule has 14 heavy (non-hydrogen) atoms. The second-order valence-electron chi connectivity index (χ2n) is 4.20. The monoisotopic (exact) mass is 198 g/mol. The number of aliphatic hydroxyl groups excluding tert-OH is 1. The summed E-state index contributed by atoms with van der Waals surface area (Å²) in [6.07, 6.45) is 5.31. The predicted octanol–water partition coefficient (Wildman–Crippen LogP) is 1.81. The van der Waals surface area contributed by atoms with E-state index in [0.29, 0.717) is 12.8 Å². The smallest absolute Gasteiger partial charge is 0.310 e. The van der Waals surface area contributed by atoms with Gasteiger partial charge in [0.05, 0.1) is 11.5 Å². The van der Waals surface area contributed by atoms with Crippen LogP contribution in [0.1, 0.15) is 33.1 Å². The summed E-state index contributed by atoms with van der Waals surface area (Å²) in [4.78, 5) is 11.3. The van der Waals surface area contributed by atoms with Crippen molar-refractivity contribution in [2.45, 2.75) is 39.2 Å². The Morgan fingerprint density at radius 2 is 2.07 bits per heavy atom. The van der Waals surface area contributed by atoms with Crippen molar-refractivity contribution in [3.05, 3.63) is 12.2 Å². The summed E-state index contributed by atoms with van der Waals surface area (Å²) in [6.45, 7) is 3.48. The van der Waals surface area contributed by atoms with Gasteiger partial charge >= 0.3 is 5.97 Å². The van der Waals surface area contributed by atoms with Gasteiger partial charge in [0.25, 0.3) is 0 Å². The first kappa shape index (κ1) is 11.2. The molecule has 0 heterocycles. The topological polar surface area (TPSA) is 57.5 Å². The van der Waals surface area contributed by atoms with Crippen molar-refractivity contribution in [1.82, 2.24) is 0 Å². The molecule has 3 atom stereocenters. The van der Waals surface area contributed by atoms with Crippen molar-refractivity contribution in [3.8, 4) is 0 Å². The minimum absolute atomic E-state index is 0.204. The molecule has 0 radical (unpaired) electrons. The molecule has 0 aliphatic heterocycles. The minimum atomic E-state index is -0.782. The molecule has 0 bridgehead atoms. The first-order valence-electron chi connectivity index (χ1n) is 5.07. The summed E-state index contributed by atoms with van der Waals surface area (Å²) in [5.74, 6) is -0.986. The van der Waals surface area contributed by atoms with Crippen LogP contribution in [0, 0.1) is 11.3 Å². The number of carbonyl (C=O) groups is 1. The Kier molecular flexibility index (Phi) is 3.32. The lowest BCUT2D eigenvalue weighted by Gasteiger charge is -2.37. The minimum Gasteiger partial charge on any atom is -0.481 e. The van der Waals surface area contributed by atoms with Crippen LogP contribution in [0.5, 0.6) is 0 Å². The molecule has 1 aliphatic rings. The van der Waals surface area contributed by atoms with E-state index in [9.17, 15) is 15.0 Å². The van der Waals surface area contributed by atoms with Gasteiger partial charge in [-0.3, -0.25) is 4.79 Å². The second-order valence-corrected chi connectivity index (χ2v) is 4.20. The number of aliphatic hydroxyl groups is 1. The Morgan fingerprint density at radius 1 is 1.43 bits per heavy atom. The third kappa shape index (κ3) is 1.82. The number of hydrogen-bond acceptors (Lipinski definition) is 2. The molecule has 0 aromatic carbocycles. The van der Waals surface area contributed by atoms with E-state index in [-0.39, 0.29) is 5.92 Å².